The molecule has 2 fully saturated rings. The highest BCUT2D eigenvalue weighted by atomic mass is 35.5. The van der Waals surface area contributed by atoms with Crippen LogP contribution < -0.4 is 4.74 Å². The highest BCUT2D eigenvalue weighted by Crippen LogP contribution is 2.24. The molecule has 2 heterocycles. The Morgan fingerprint density at radius 2 is 1.70 bits per heavy atom. The monoisotopic (exact) mass is 426 g/mol. The molecule has 158 valence electrons. The van der Waals surface area contributed by atoms with Crippen molar-refractivity contribution in [3.8, 4) is 5.75 Å². The van der Waals surface area contributed by atoms with Gasteiger partial charge >= 0.3 is 0 Å². The van der Waals surface area contributed by atoms with Crippen molar-refractivity contribution in [3.63, 3.8) is 0 Å². The lowest BCUT2D eigenvalue weighted by Crippen LogP contribution is -2.41. The van der Waals surface area contributed by atoms with Crippen molar-refractivity contribution in [3.05, 3.63) is 64.7 Å². The average molecular weight is 427 g/mol. The minimum absolute atomic E-state index is 0.0245. The van der Waals surface area contributed by atoms with E-state index in [-0.39, 0.29) is 17.7 Å². The van der Waals surface area contributed by atoms with E-state index in [1.807, 2.05) is 46.2 Å². The van der Waals surface area contributed by atoms with Crippen molar-refractivity contribution in [2.75, 3.05) is 32.8 Å². The first-order valence-corrected chi connectivity index (χ1v) is 11.1. The lowest BCUT2D eigenvalue weighted by molar-refractivity contribution is 0.0632. The van der Waals surface area contributed by atoms with Crippen LogP contribution >= 0.6 is 11.6 Å². The highest BCUT2D eigenvalue weighted by molar-refractivity contribution is 6.33. The number of likely N-dealkylation sites (tertiary alicyclic amines) is 2. The molecule has 0 aliphatic carbocycles. The number of rotatable bonds is 5. The average Bonchev–Trinajstić information content (AvgIpc) is 3.32. The van der Waals surface area contributed by atoms with Gasteiger partial charge in [-0.3, -0.25) is 9.59 Å². The fourth-order valence-corrected chi connectivity index (χ4v) is 4.44. The van der Waals surface area contributed by atoms with Gasteiger partial charge < -0.3 is 14.5 Å². The summed E-state index contributed by atoms with van der Waals surface area (Å²) >= 11 is 6.20. The Kier molecular flexibility index (Phi) is 6.58. The number of benzene rings is 2. The van der Waals surface area contributed by atoms with E-state index in [1.165, 1.54) is 0 Å². The molecule has 2 amide bonds. The Labute approximate surface area is 182 Å². The van der Waals surface area contributed by atoms with E-state index in [1.54, 1.807) is 12.1 Å². The van der Waals surface area contributed by atoms with Gasteiger partial charge in [-0.25, -0.2) is 0 Å². The van der Waals surface area contributed by atoms with Gasteiger partial charge in [0.2, 0.25) is 0 Å². The molecule has 0 unspecified atom stereocenters. The van der Waals surface area contributed by atoms with Crippen molar-refractivity contribution in [2.45, 2.75) is 25.7 Å². The van der Waals surface area contributed by atoms with Gasteiger partial charge in [0.05, 0.1) is 17.2 Å². The molecule has 2 aliphatic rings. The quantitative estimate of drug-likeness (QED) is 0.706. The van der Waals surface area contributed by atoms with Crippen LogP contribution in [0.1, 0.15) is 46.4 Å². The van der Waals surface area contributed by atoms with Crippen molar-refractivity contribution < 1.29 is 14.3 Å². The molecule has 0 bridgehead atoms. The number of hydrogen-bond donors (Lipinski definition) is 0. The number of amides is 2. The number of halogens is 1. The molecule has 2 aromatic carbocycles. The fourth-order valence-electron chi connectivity index (χ4n) is 4.23. The van der Waals surface area contributed by atoms with Crippen molar-refractivity contribution in [1.29, 1.82) is 0 Å². The third-order valence-corrected chi connectivity index (χ3v) is 6.20. The predicted octanol–water partition coefficient (Wildman–Crippen LogP) is 4.51. The number of nitrogens with zero attached hydrogens (tertiary/aromatic N) is 2. The minimum Gasteiger partial charge on any atom is -0.493 e. The highest BCUT2D eigenvalue weighted by Gasteiger charge is 2.26. The summed E-state index contributed by atoms with van der Waals surface area (Å²) in [4.78, 5) is 29.2. The topological polar surface area (TPSA) is 49.9 Å². The smallest absolute Gasteiger partial charge is 0.255 e. The molecule has 0 aromatic heterocycles. The van der Waals surface area contributed by atoms with Crippen LogP contribution in [0, 0.1) is 5.92 Å². The molecule has 6 heteroatoms. The van der Waals surface area contributed by atoms with E-state index in [4.69, 9.17) is 16.3 Å². The van der Waals surface area contributed by atoms with Crippen molar-refractivity contribution in [1.82, 2.24) is 9.80 Å². The zero-order valence-electron chi connectivity index (χ0n) is 17.1. The van der Waals surface area contributed by atoms with Gasteiger partial charge in [-0.2, -0.15) is 0 Å². The first-order chi connectivity index (χ1) is 14.6. The predicted molar refractivity (Wildman–Crippen MR) is 117 cm³/mol. The molecular formula is C24H27ClN2O3. The van der Waals surface area contributed by atoms with Crippen LogP contribution in [0.5, 0.6) is 5.75 Å². The summed E-state index contributed by atoms with van der Waals surface area (Å²) in [6.45, 7) is 3.58. The van der Waals surface area contributed by atoms with E-state index in [9.17, 15) is 9.59 Å². The molecule has 1 atom stereocenters. The first-order valence-electron chi connectivity index (χ1n) is 10.7. The van der Waals surface area contributed by atoms with E-state index in [0.717, 1.165) is 45.3 Å². The number of ether oxygens (including phenoxy) is 1. The number of carbonyl (C=O) groups is 2. The summed E-state index contributed by atoms with van der Waals surface area (Å²) in [6, 6.07) is 14.6. The molecule has 2 aromatic rings. The first kappa shape index (κ1) is 20.7. The third kappa shape index (κ3) is 4.78. The summed E-state index contributed by atoms with van der Waals surface area (Å²) in [7, 11) is 0. The second kappa shape index (κ2) is 9.52. The van der Waals surface area contributed by atoms with Crippen LogP contribution in [-0.2, 0) is 0 Å². The normalized spacial score (nSPS) is 19.0. The zero-order valence-corrected chi connectivity index (χ0v) is 17.8. The van der Waals surface area contributed by atoms with Gasteiger partial charge in [0.25, 0.3) is 11.8 Å². The summed E-state index contributed by atoms with van der Waals surface area (Å²) in [5, 5.41) is 0.486. The molecular weight excluding hydrogens is 400 g/mol. The third-order valence-electron chi connectivity index (χ3n) is 5.87. The molecule has 4 rings (SSSR count). The van der Waals surface area contributed by atoms with Crippen molar-refractivity contribution in [2.24, 2.45) is 5.92 Å². The second-order valence-corrected chi connectivity index (χ2v) is 8.48. The largest absolute Gasteiger partial charge is 0.493 e. The standard InChI is InChI=1S/C24H27ClN2O3/c25-22-11-2-1-10-21(22)24(29)27-14-6-7-18(16-27)17-30-20-9-5-8-19(15-20)23(28)26-12-3-4-13-26/h1-2,5,8-11,15,18H,3-4,6-7,12-14,16-17H2/t18-/m1/s1. The zero-order chi connectivity index (χ0) is 20.9. The van der Waals surface area contributed by atoms with Gasteiger partial charge in [-0.05, 0) is 56.0 Å². The molecule has 2 aliphatic heterocycles. The summed E-state index contributed by atoms with van der Waals surface area (Å²) in [5.74, 6) is 1.01. The molecule has 0 spiro atoms. The molecule has 5 nitrogen and oxygen atoms in total. The minimum atomic E-state index is -0.0245. The van der Waals surface area contributed by atoms with E-state index < -0.39 is 0 Å². The van der Waals surface area contributed by atoms with Crippen LogP contribution in [0.25, 0.3) is 0 Å². The summed E-state index contributed by atoms with van der Waals surface area (Å²) < 4.78 is 6.02. The van der Waals surface area contributed by atoms with Crippen LogP contribution in [0.15, 0.2) is 48.5 Å². The van der Waals surface area contributed by atoms with Gasteiger partial charge in [-0.1, -0.05) is 29.8 Å². The number of hydrogen-bond acceptors (Lipinski definition) is 3. The van der Waals surface area contributed by atoms with Crippen molar-refractivity contribution >= 4 is 23.4 Å². The lowest BCUT2D eigenvalue weighted by atomic mass is 9.98. The maximum atomic E-state index is 12.8. The Bertz CT molecular complexity index is 911. The van der Waals surface area contributed by atoms with E-state index >= 15 is 0 Å². The molecule has 0 radical (unpaired) electrons. The van der Waals surface area contributed by atoms with E-state index in [0.29, 0.717) is 35.1 Å². The van der Waals surface area contributed by atoms with Crippen LogP contribution in [0.2, 0.25) is 5.02 Å². The Morgan fingerprint density at radius 3 is 2.50 bits per heavy atom. The van der Waals surface area contributed by atoms with Gasteiger partial charge in [0, 0.05) is 37.7 Å². The molecule has 0 saturated carbocycles. The SMILES string of the molecule is O=C(c1cccc(OC[C@@H]2CCCN(C(=O)c3ccccc3Cl)C2)c1)N1CCCC1. The molecule has 0 N–H and O–H groups in total. The van der Waals surface area contributed by atoms with E-state index in [2.05, 4.69) is 0 Å². The lowest BCUT2D eigenvalue weighted by Gasteiger charge is -2.33. The number of piperidine rings is 1. The van der Waals surface area contributed by atoms with Crippen LogP contribution in [0.3, 0.4) is 0 Å². The maximum Gasteiger partial charge on any atom is 0.255 e. The Hall–Kier alpha value is -2.53. The Morgan fingerprint density at radius 1 is 0.933 bits per heavy atom. The second-order valence-electron chi connectivity index (χ2n) is 8.08. The van der Waals surface area contributed by atoms with Gasteiger partial charge in [-0.15, -0.1) is 0 Å². The fraction of sp³-hybridized carbons (Fsp3) is 0.417. The van der Waals surface area contributed by atoms with Gasteiger partial charge in [0.1, 0.15) is 5.75 Å². The maximum absolute atomic E-state index is 12.8. The molecule has 2 saturated heterocycles. The Balaban J connectivity index is 1.35. The van der Waals surface area contributed by atoms with Gasteiger partial charge in [0.15, 0.2) is 0 Å². The van der Waals surface area contributed by atoms with Crippen LogP contribution in [0.4, 0.5) is 0 Å². The summed E-state index contributed by atoms with van der Waals surface area (Å²) in [6.07, 6.45) is 4.11. The number of carbonyl (C=O) groups excluding carboxylic acids is 2. The molecule has 30 heavy (non-hydrogen) atoms. The van der Waals surface area contributed by atoms with Crippen LogP contribution in [-0.4, -0.2) is 54.4 Å². The summed E-state index contributed by atoms with van der Waals surface area (Å²) in [5.41, 5.74) is 1.22.